The van der Waals surface area contributed by atoms with Crippen LogP contribution in [0.4, 0.5) is 0 Å². The Bertz CT molecular complexity index is 611. The minimum absolute atomic E-state index is 0.346. The molecule has 1 aromatic carbocycles. The third kappa shape index (κ3) is 2.40. The second-order valence-corrected chi connectivity index (χ2v) is 7.39. The molecule has 0 radical (unpaired) electrons. The maximum Gasteiger partial charge on any atom is 0.327 e. The first-order valence-corrected chi connectivity index (χ1v) is 9.28. The van der Waals surface area contributed by atoms with Gasteiger partial charge in [0.2, 0.25) is 0 Å². The van der Waals surface area contributed by atoms with Gasteiger partial charge in [-0.3, -0.25) is 9.59 Å². The second-order valence-electron chi connectivity index (χ2n) is 6.27. The highest BCUT2D eigenvalue weighted by Crippen LogP contribution is 2.44. The molecule has 0 bridgehead atoms. The molecule has 0 aromatic heterocycles. The van der Waals surface area contributed by atoms with Gasteiger partial charge in [0.15, 0.2) is 5.41 Å². The van der Waals surface area contributed by atoms with Crippen molar-refractivity contribution in [3.8, 4) is 0 Å². The summed E-state index contributed by atoms with van der Waals surface area (Å²) in [5.74, 6) is -2.15. The maximum atomic E-state index is 12.5. The molecule has 1 aromatic rings. The van der Waals surface area contributed by atoms with Crippen LogP contribution in [-0.2, 0) is 42.6 Å². The fraction of sp³-hybridized carbons (Fsp3) is 0.500. The number of hydrogen-bond donors (Lipinski definition) is 0. The minimum atomic E-state index is -1.22. The number of carbonyl (C=O) groups excluding carboxylic acids is 2. The summed E-state index contributed by atoms with van der Waals surface area (Å²) in [5.41, 5.74) is 3.14. The van der Waals surface area contributed by atoms with Crippen LogP contribution in [0.2, 0.25) is 0 Å². The lowest BCUT2D eigenvalue weighted by Crippen LogP contribution is -2.54. The van der Waals surface area contributed by atoms with Crippen molar-refractivity contribution in [2.75, 3.05) is 0 Å². The van der Waals surface area contributed by atoms with E-state index in [-0.39, 0.29) is 0 Å². The molecule has 0 N–H and O–H groups in total. The quantitative estimate of drug-likeness (QED) is 0.409. The highest BCUT2D eigenvalue weighted by atomic mass is 79.9. The molecule has 2 aliphatic rings. The number of fused-ring (bicyclic) bond motifs is 1. The molecule has 0 unspecified atom stereocenters. The Balaban J connectivity index is 2.00. The lowest BCUT2D eigenvalue weighted by molar-refractivity contribution is -0.250. The van der Waals surface area contributed by atoms with Crippen molar-refractivity contribution in [2.24, 2.45) is 5.41 Å². The topological polar surface area (TPSA) is 52.6 Å². The molecule has 1 aliphatic heterocycles. The summed E-state index contributed by atoms with van der Waals surface area (Å²) in [6.45, 7) is 3.15. The van der Waals surface area contributed by atoms with Gasteiger partial charge in [0.1, 0.15) is 0 Å². The summed E-state index contributed by atoms with van der Waals surface area (Å²) in [4.78, 5) is 25.0. The van der Waals surface area contributed by atoms with Crippen LogP contribution in [0.25, 0.3) is 0 Å². The van der Waals surface area contributed by atoms with E-state index in [2.05, 4.69) is 44.0 Å². The molecular weight excluding hydrogens is 416 g/mol. The van der Waals surface area contributed by atoms with E-state index in [1.807, 2.05) is 0 Å². The lowest BCUT2D eigenvalue weighted by atomic mass is 9.84. The van der Waals surface area contributed by atoms with Crippen molar-refractivity contribution in [3.63, 3.8) is 0 Å². The van der Waals surface area contributed by atoms with Gasteiger partial charge in [-0.15, -0.1) is 0 Å². The first kappa shape index (κ1) is 16.0. The van der Waals surface area contributed by atoms with E-state index in [1.54, 1.807) is 13.8 Å². The van der Waals surface area contributed by atoms with Gasteiger partial charge in [0.05, 0.1) is 0 Å². The number of rotatable bonds is 2. The molecule has 6 heteroatoms. The van der Waals surface area contributed by atoms with E-state index in [0.717, 1.165) is 32.9 Å². The summed E-state index contributed by atoms with van der Waals surface area (Å²) in [7, 11) is 0. The first-order valence-electron chi connectivity index (χ1n) is 7.04. The second kappa shape index (κ2) is 5.34. The Labute approximate surface area is 145 Å². The number of ether oxygens (including phenoxy) is 2. The van der Waals surface area contributed by atoms with Gasteiger partial charge >= 0.3 is 11.9 Å². The van der Waals surface area contributed by atoms with Crippen molar-refractivity contribution in [1.82, 2.24) is 0 Å². The Hall–Kier alpha value is -0.880. The molecule has 0 amide bonds. The number of hydrogen-bond acceptors (Lipinski definition) is 4. The van der Waals surface area contributed by atoms with Gasteiger partial charge in [-0.1, -0.05) is 44.0 Å². The largest absolute Gasteiger partial charge is 0.422 e. The van der Waals surface area contributed by atoms with E-state index in [0.29, 0.717) is 12.8 Å². The molecule has 3 rings (SSSR count). The van der Waals surface area contributed by atoms with E-state index in [9.17, 15) is 9.59 Å². The summed E-state index contributed by atoms with van der Waals surface area (Å²) < 4.78 is 10.7. The van der Waals surface area contributed by atoms with Crippen molar-refractivity contribution in [2.45, 2.75) is 43.1 Å². The van der Waals surface area contributed by atoms with Crippen LogP contribution in [-0.4, -0.2) is 17.7 Å². The molecule has 0 atom stereocenters. The van der Waals surface area contributed by atoms with Crippen LogP contribution in [0, 0.1) is 5.41 Å². The Morgan fingerprint density at radius 3 is 1.73 bits per heavy atom. The van der Waals surface area contributed by atoms with Crippen LogP contribution in [0.3, 0.4) is 0 Å². The molecular formula is C16H16Br2O4. The van der Waals surface area contributed by atoms with Crippen LogP contribution in [0.1, 0.15) is 36.1 Å². The average Bonchev–Trinajstić information content (AvgIpc) is 2.82. The highest BCUT2D eigenvalue weighted by Gasteiger charge is 2.58. The van der Waals surface area contributed by atoms with Gasteiger partial charge in [-0.2, -0.15) is 0 Å². The van der Waals surface area contributed by atoms with E-state index < -0.39 is 23.1 Å². The fourth-order valence-electron chi connectivity index (χ4n) is 3.12. The number of alkyl halides is 2. The van der Waals surface area contributed by atoms with Gasteiger partial charge in [0.25, 0.3) is 5.79 Å². The normalized spacial score (nSPS) is 21.5. The summed E-state index contributed by atoms with van der Waals surface area (Å²) in [6.07, 6.45) is 0.692. The van der Waals surface area contributed by atoms with Gasteiger partial charge in [-0.05, 0) is 35.1 Å². The zero-order valence-corrected chi connectivity index (χ0v) is 15.5. The van der Waals surface area contributed by atoms with Crippen molar-refractivity contribution >= 4 is 43.8 Å². The van der Waals surface area contributed by atoms with E-state index in [4.69, 9.17) is 9.47 Å². The Morgan fingerprint density at radius 2 is 1.36 bits per heavy atom. The van der Waals surface area contributed by atoms with E-state index in [1.165, 1.54) is 0 Å². The predicted molar refractivity (Wildman–Crippen MR) is 87.8 cm³/mol. The molecule has 0 saturated carbocycles. The van der Waals surface area contributed by atoms with Gasteiger partial charge in [-0.25, -0.2) is 0 Å². The zero-order chi connectivity index (χ0) is 16.1. The lowest BCUT2D eigenvalue weighted by Gasteiger charge is -2.38. The van der Waals surface area contributed by atoms with Gasteiger partial charge < -0.3 is 9.47 Å². The smallest absolute Gasteiger partial charge is 0.327 e. The number of cyclic esters (lactones) is 2. The predicted octanol–water partition coefficient (Wildman–Crippen LogP) is 3.40. The van der Waals surface area contributed by atoms with Crippen LogP contribution in [0.5, 0.6) is 0 Å². The molecule has 1 heterocycles. The zero-order valence-electron chi connectivity index (χ0n) is 12.4. The highest BCUT2D eigenvalue weighted by molar-refractivity contribution is 9.09. The van der Waals surface area contributed by atoms with E-state index >= 15 is 0 Å². The molecule has 1 aliphatic carbocycles. The van der Waals surface area contributed by atoms with Gasteiger partial charge in [0, 0.05) is 24.5 Å². The third-order valence-corrected chi connectivity index (χ3v) is 5.46. The number of carbonyl (C=O) groups is 2. The number of halogens is 2. The van der Waals surface area contributed by atoms with Crippen LogP contribution < -0.4 is 0 Å². The van der Waals surface area contributed by atoms with Crippen molar-refractivity contribution in [1.29, 1.82) is 0 Å². The molecule has 1 fully saturated rings. The molecule has 1 saturated heterocycles. The third-order valence-electron chi connectivity index (χ3n) is 4.25. The average molecular weight is 432 g/mol. The monoisotopic (exact) mass is 430 g/mol. The first-order chi connectivity index (χ1) is 10.3. The standard InChI is InChI=1S/C16H16Br2O4/c1-15(2)21-13(19)16(14(20)22-15)5-9-3-11(7-17)12(8-18)4-10(9)6-16/h3-4H,5-8H2,1-2H3. The summed E-state index contributed by atoms with van der Waals surface area (Å²) in [5, 5.41) is 1.46. The summed E-state index contributed by atoms with van der Waals surface area (Å²) in [6, 6.07) is 4.13. The molecule has 4 nitrogen and oxygen atoms in total. The molecule has 22 heavy (non-hydrogen) atoms. The van der Waals surface area contributed by atoms with Crippen LogP contribution >= 0.6 is 31.9 Å². The maximum absolute atomic E-state index is 12.5. The number of esters is 2. The molecule has 118 valence electrons. The summed E-state index contributed by atoms with van der Waals surface area (Å²) >= 11 is 6.96. The Kier molecular flexibility index (Phi) is 3.88. The number of benzene rings is 1. The minimum Gasteiger partial charge on any atom is -0.422 e. The van der Waals surface area contributed by atoms with Crippen LogP contribution in [0.15, 0.2) is 12.1 Å². The fourth-order valence-corrected chi connectivity index (χ4v) is 4.16. The SMILES string of the molecule is CC1(C)OC(=O)C2(Cc3cc(CBr)c(CBr)cc3C2)C(=O)O1. The Morgan fingerprint density at radius 1 is 0.955 bits per heavy atom. The van der Waals surface area contributed by atoms with Crippen molar-refractivity contribution in [3.05, 3.63) is 34.4 Å². The molecule has 1 spiro atoms. The van der Waals surface area contributed by atoms with Crippen molar-refractivity contribution < 1.29 is 19.1 Å².